The lowest BCUT2D eigenvalue weighted by molar-refractivity contribution is 0.0953. The largest absolute Gasteiger partial charge is 0.346 e. The lowest BCUT2D eigenvalue weighted by Gasteiger charge is -2.13. The summed E-state index contributed by atoms with van der Waals surface area (Å²) < 4.78 is 5.98. The van der Waals surface area contributed by atoms with Gasteiger partial charge in [-0.3, -0.25) is 9.48 Å². The highest BCUT2D eigenvalue weighted by molar-refractivity contribution is 7.13. The molecule has 0 atom stereocenters. The van der Waals surface area contributed by atoms with Crippen LogP contribution in [0.5, 0.6) is 0 Å². The summed E-state index contributed by atoms with van der Waals surface area (Å²) in [4.78, 5) is 14.0. The van der Waals surface area contributed by atoms with Crippen LogP contribution in [-0.2, 0) is 6.54 Å². The second kappa shape index (κ2) is 7.05. The minimum Gasteiger partial charge on any atom is -0.346 e. The molecule has 25 heavy (non-hydrogen) atoms. The molecule has 1 aliphatic carbocycles. The molecule has 3 heterocycles. The number of amides is 1. The van der Waals surface area contributed by atoms with E-state index in [4.69, 9.17) is 5.10 Å². The maximum Gasteiger partial charge on any atom is 0.265 e. The number of thiophene rings is 1. The molecule has 130 valence electrons. The zero-order chi connectivity index (χ0) is 17.2. The monoisotopic (exact) mass is 373 g/mol. The van der Waals surface area contributed by atoms with Crippen LogP contribution >= 0.6 is 22.9 Å². The maximum atomic E-state index is 12.3. The highest BCUT2D eigenvalue weighted by Gasteiger charge is 2.22. The Labute approximate surface area is 154 Å². The van der Waals surface area contributed by atoms with E-state index in [0.717, 1.165) is 22.9 Å². The Morgan fingerprint density at radius 3 is 2.92 bits per heavy atom. The van der Waals surface area contributed by atoms with Gasteiger partial charge in [0.2, 0.25) is 0 Å². The van der Waals surface area contributed by atoms with Crippen LogP contribution in [0, 0.1) is 6.92 Å². The van der Waals surface area contributed by atoms with E-state index in [0.29, 0.717) is 23.2 Å². The van der Waals surface area contributed by atoms with Crippen molar-refractivity contribution in [2.45, 2.75) is 45.2 Å². The van der Waals surface area contributed by atoms with Gasteiger partial charge in [-0.2, -0.15) is 5.10 Å². The molecule has 3 aromatic rings. The predicted molar refractivity (Wildman–Crippen MR) is 98.9 cm³/mol. The Hall–Kier alpha value is -2.06. The fourth-order valence-electron chi connectivity index (χ4n) is 3.26. The van der Waals surface area contributed by atoms with E-state index in [-0.39, 0.29) is 5.91 Å². The molecular weight excluding hydrogens is 354 g/mol. The van der Waals surface area contributed by atoms with E-state index in [9.17, 15) is 4.79 Å². The topological polar surface area (TPSA) is 72.7 Å². The van der Waals surface area contributed by atoms with Gasteiger partial charge in [-0.05, 0) is 48.8 Å². The van der Waals surface area contributed by atoms with Crippen molar-refractivity contribution in [1.82, 2.24) is 24.7 Å². The van der Waals surface area contributed by atoms with Gasteiger partial charge in [0.25, 0.3) is 5.91 Å². The molecule has 3 aromatic heterocycles. The van der Waals surface area contributed by atoms with Crippen LogP contribution in [0.4, 0.5) is 0 Å². The van der Waals surface area contributed by atoms with Crippen molar-refractivity contribution in [1.29, 1.82) is 0 Å². The number of hydrogen-bond donors (Lipinski definition) is 1. The summed E-state index contributed by atoms with van der Waals surface area (Å²) in [6.07, 6.45) is 4.88. The molecule has 0 aliphatic heterocycles. The van der Waals surface area contributed by atoms with Crippen LogP contribution in [0.3, 0.4) is 0 Å². The lowest BCUT2D eigenvalue weighted by atomic mass is 10.2. The molecule has 4 rings (SSSR count). The number of nitrogens with one attached hydrogen (secondary N) is 1. The fraction of sp³-hybridized carbons (Fsp3) is 0.412. The highest BCUT2D eigenvalue weighted by atomic mass is 32.1. The molecule has 1 amide bonds. The average Bonchev–Trinajstić information content (AvgIpc) is 3.38. The van der Waals surface area contributed by atoms with Gasteiger partial charge in [-0.15, -0.1) is 16.4 Å². The minimum atomic E-state index is -0.138. The Bertz CT molecular complexity index is 862. The number of hydrogen-bond acceptors (Lipinski definition) is 6. The van der Waals surface area contributed by atoms with Crippen molar-refractivity contribution in [3.05, 3.63) is 39.8 Å². The second-order valence-electron chi connectivity index (χ2n) is 6.25. The normalized spacial score (nSPS) is 14.9. The number of nitrogens with zero attached hydrogens (tertiary/aromatic N) is 4. The van der Waals surface area contributed by atoms with E-state index in [2.05, 4.69) is 43.2 Å². The minimum absolute atomic E-state index is 0.138. The number of rotatable bonds is 5. The predicted octanol–water partition coefficient (Wildman–Crippen LogP) is 3.82. The van der Waals surface area contributed by atoms with Crippen molar-refractivity contribution in [3.63, 3.8) is 0 Å². The van der Waals surface area contributed by atoms with Gasteiger partial charge in [0, 0.05) is 0 Å². The summed E-state index contributed by atoms with van der Waals surface area (Å²) in [5, 5.41) is 13.7. The summed E-state index contributed by atoms with van der Waals surface area (Å²) in [7, 11) is 0. The second-order valence-corrected chi connectivity index (χ2v) is 7.95. The zero-order valence-corrected chi connectivity index (χ0v) is 15.6. The molecule has 0 spiro atoms. The molecule has 0 radical (unpaired) electrons. The van der Waals surface area contributed by atoms with Gasteiger partial charge in [0.1, 0.15) is 4.88 Å². The number of aromatic nitrogens is 4. The van der Waals surface area contributed by atoms with Crippen LogP contribution in [0.15, 0.2) is 23.6 Å². The van der Waals surface area contributed by atoms with Crippen LogP contribution in [-0.4, -0.2) is 25.3 Å². The molecule has 1 saturated carbocycles. The Morgan fingerprint density at radius 1 is 1.40 bits per heavy atom. The molecule has 1 N–H and O–H groups in total. The number of aryl methyl sites for hydroxylation is 1. The van der Waals surface area contributed by atoms with Crippen molar-refractivity contribution in [2.24, 2.45) is 0 Å². The van der Waals surface area contributed by atoms with Crippen LogP contribution in [0.25, 0.3) is 10.6 Å². The summed E-state index contributed by atoms with van der Waals surface area (Å²) in [5.74, 6) is -0.138. The van der Waals surface area contributed by atoms with Gasteiger partial charge >= 0.3 is 0 Å². The summed E-state index contributed by atoms with van der Waals surface area (Å²) in [6, 6.07) is 6.76. The summed E-state index contributed by atoms with van der Waals surface area (Å²) in [5.41, 5.74) is 2.71. The molecule has 0 bridgehead atoms. The number of carbonyl (C=O) groups is 1. The van der Waals surface area contributed by atoms with Gasteiger partial charge in [-0.25, -0.2) is 0 Å². The third kappa shape index (κ3) is 3.36. The third-order valence-corrected chi connectivity index (χ3v) is 6.24. The van der Waals surface area contributed by atoms with E-state index in [1.165, 1.54) is 30.6 Å². The third-order valence-electron chi connectivity index (χ3n) is 4.52. The first-order valence-electron chi connectivity index (χ1n) is 8.42. The molecule has 1 aliphatic rings. The Balaban J connectivity index is 1.55. The van der Waals surface area contributed by atoms with E-state index in [1.54, 1.807) is 18.3 Å². The molecule has 6 nitrogen and oxygen atoms in total. The van der Waals surface area contributed by atoms with Crippen molar-refractivity contribution < 1.29 is 4.79 Å². The smallest absolute Gasteiger partial charge is 0.265 e. The van der Waals surface area contributed by atoms with Gasteiger partial charge in [0.05, 0.1) is 34.5 Å². The van der Waals surface area contributed by atoms with Crippen LogP contribution in [0.2, 0.25) is 0 Å². The summed E-state index contributed by atoms with van der Waals surface area (Å²) in [6.45, 7) is 2.20. The van der Waals surface area contributed by atoms with E-state index < -0.39 is 0 Å². The SMILES string of the molecule is Cc1nnsc1C(=O)NCc1cc(-c2cccs2)n(C2CCCC2)n1. The van der Waals surface area contributed by atoms with Crippen LogP contribution in [0.1, 0.15) is 52.8 Å². The van der Waals surface area contributed by atoms with Gasteiger partial charge < -0.3 is 5.32 Å². The molecular formula is C17H19N5OS2. The van der Waals surface area contributed by atoms with Crippen LogP contribution < -0.4 is 5.32 Å². The Kier molecular flexibility index (Phi) is 4.63. The van der Waals surface area contributed by atoms with Crippen molar-refractivity contribution in [3.8, 4) is 10.6 Å². The fourth-order valence-corrected chi connectivity index (χ4v) is 4.56. The first kappa shape index (κ1) is 16.4. The maximum absolute atomic E-state index is 12.3. The molecule has 0 saturated heterocycles. The lowest BCUT2D eigenvalue weighted by Crippen LogP contribution is -2.23. The van der Waals surface area contributed by atoms with E-state index in [1.807, 2.05) is 0 Å². The molecule has 1 fully saturated rings. The van der Waals surface area contributed by atoms with E-state index >= 15 is 0 Å². The molecule has 8 heteroatoms. The number of carbonyl (C=O) groups excluding carboxylic acids is 1. The van der Waals surface area contributed by atoms with Crippen molar-refractivity contribution in [2.75, 3.05) is 0 Å². The molecule has 0 unspecified atom stereocenters. The first-order chi connectivity index (χ1) is 12.2. The van der Waals surface area contributed by atoms with Gasteiger partial charge in [-0.1, -0.05) is 23.4 Å². The van der Waals surface area contributed by atoms with Gasteiger partial charge in [0.15, 0.2) is 0 Å². The quantitative estimate of drug-likeness (QED) is 0.738. The Morgan fingerprint density at radius 2 is 2.24 bits per heavy atom. The highest BCUT2D eigenvalue weighted by Crippen LogP contribution is 2.35. The molecule has 0 aromatic carbocycles. The zero-order valence-electron chi connectivity index (χ0n) is 13.9. The summed E-state index contributed by atoms with van der Waals surface area (Å²) >= 11 is 2.85. The van der Waals surface area contributed by atoms with Crippen molar-refractivity contribution >= 4 is 28.8 Å². The average molecular weight is 374 g/mol. The first-order valence-corrected chi connectivity index (χ1v) is 10.1. The standard InChI is InChI=1S/C17H19N5OS2/c1-11-16(25-21-19-11)17(23)18-10-12-9-14(15-7-4-8-24-15)22(20-12)13-5-2-3-6-13/h4,7-9,13H,2-3,5-6,10H2,1H3,(H,18,23).